The second kappa shape index (κ2) is 7.75. The number of amides is 2. The molecule has 0 spiro atoms. The topological polar surface area (TPSA) is 57.5 Å². The first-order chi connectivity index (χ1) is 9.81. The second-order valence-corrected chi connectivity index (χ2v) is 5.01. The molecule has 1 aromatic heterocycles. The quantitative estimate of drug-likeness (QED) is 0.784. The van der Waals surface area contributed by atoms with Crippen LogP contribution in [0.3, 0.4) is 0 Å². The Hall–Kier alpha value is -1.75. The van der Waals surface area contributed by atoms with Crippen molar-refractivity contribution in [2.75, 3.05) is 26.2 Å². The van der Waals surface area contributed by atoms with Gasteiger partial charge in [0.1, 0.15) is 5.76 Å². The van der Waals surface area contributed by atoms with Gasteiger partial charge in [-0.1, -0.05) is 12.5 Å². The van der Waals surface area contributed by atoms with Gasteiger partial charge in [-0.2, -0.15) is 0 Å². The molecule has 1 aliphatic rings. The lowest BCUT2D eigenvalue weighted by Gasteiger charge is -2.33. The normalized spacial score (nSPS) is 17.4. The number of carbonyl (C=O) groups is 1. The molecule has 20 heavy (non-hydrogen) atoms. The number of piperidine rings is 1. The third-order valence-corrected chi connectivity index (χ3v) is 3.57. The predicted molar refractivity (Wildman–Crippen MR) is 78.5 cm³/mol. The van der Waals surface area contributed by atoms with Gasteiger partial charge in [0.05, 0.1) is 12.3 Å². The van der Waals surface area contributed by atoms with E-state index in [1.54, 1.807) is 12.3 Å². The fourth-order valence-corrected chi connectivity index (χ4v) is 2.54. The summed E-state index contributed by atoms with van der Waals surface area (Å²) in [6.07, 6.45) is 7.05. The maximum Gasteiger partial charge on any atom is 0.315 e. The van der Waals surface area contributed by atoms with Gasteiger partial charge in [-0.25, -0.2) is 4.79 Å². The van der Waals surface area contributed by atoms with Gasteiger partial charge < -0.3 is 15.1 Å². The molecule has 5 heteroatoms. The van der Waals surface area contributed by atoms with E-state index >= 15 is 0 Å². The molecule has 1 saturated heterocycles. The summed E-state index contributed by atoms with van der Waals surface area (Å²) in [5.74, 6) is 0.913. The molecule has 0 aliphatic carbocycles. The molecule has 0 aromatic carbocycles. The van der Waals surface area contributed by atoms with E-state index in [9.17, 15) is 4.79 Å². The maximum atomic E-state index is 11.6. The Labute approximate surface area is 120 Å². The average Bonchev–Trinajstić information content (AvgIpc) is 3.00. The zero-order chi connectivity index (χ0) is 14.2. The van der Waals surface area contributed by atoms with Crippen LogP contribution in [0.1, 0.15) is 31.1 Å². The van der Waals surface area contributed by atoms with Crippen molar-refractivity contribution in [2.45, 2.75) is 25.3 Å². The number of hydrogen-bond acceptors (Lipinski definition) is 3. The van der Waals surface area contributed by atoms with Crippen molar-refractivity contribution in [3.05, 3.63) is 36.8 Å². The zero-order valence-corrected chi connectivity index (χ0v) is 11.8. The van der Waals surface area contributed by atoms with Gasteiger partial charge in [0.2, 0.25) is 0 Å². The molecule has 0 radical (unpaired) electrons. The van der Waals surface area contributed by atoms with E-state index in [0.29, 0.717) is 13.1 Å². The highest BCUT2D eigenvalue weighted by Crippen LogP contribution is 2.24. The first kappa shape index (κ1) is 14.7. The van der Waals surface area contributed by atoms with Crippen molar-refractivity contribution in [3.8, 4) is 0 Å². The van der Waals surface area contributed by atoms with Crippen LogP contribution in [0.2, 0.25) is 0 Å². The molecule has 1 aliphatic heterocycles. The number of carbonyl (C=O) groups excluding carboxylic acids is 1. The van der Waals surface area contributed by atoms with Crippen LogP contribution in [-0.4, -0.2) is 37.1 Å². The number of nitrogens with zero attached hydrogens (tertiary/aromatic N) is 1. The lowest BCUT2D eigenvalue weighted by molar-refractivity contribution is 0.143. The SMILES string of the molecule is C=CCNC(=O)NCC(c1ccco1)N1CCCCC1. The summed E-state index contributed by atoms with van der Waals surface area (Å²) in [6.45, 7) is 6.72. The van der Waals surface area contributed by atoms with E-state index in [4.69, 9.17) is 4.42 Å². The lowest BCUT2D eigenvalue weighted by atomic mass is 10.1. The fourth-order valence-electron chi connectivity index (χ4n) is 2.54. The molecule has 1 atom stereocenters. The van der Waals surface area contributed by atoms with Crippen LogP contribution in [0.25, 0.3) is 0 Å². The summed E-state index contributed by atoms with van der Waals surface area (Å²) in [6, 6.07) is 3.81. The average molecular weight is 277 g/mol. The van der Waals surface area contributed by atoms with Crippen molar-refractivity contribution in [1.29, 1.82) is 0 Å². The summed E-state index contributed by atoms with van der Waals surface area (Å²) >= 11 is 0. The summed E-state index contributed by atoms with van der Waals surface area (Å²) in [5.41, 5.74) is 0. The van der Waals surface area contributed by atoms with E-state index in [2.05, 4.69) is 22.1 Å². The molecular formula is C15H23N3O2. The van der Waals surface area contributed by atoms with Crippen LogP contribution >= 0.6 is 0 Å². The lowest BCUT2D eigenvalue weighted by Crippen LogP contribution is -2.43. The first-order valence-electron chi connectivity index (χ1n) is 7.21. The summed E-state index contributed by atoms with van der Waals surface area (Å²) in [4.78, 5) is 14.0. The number of likely N-dealkylation sites (tertiary alicyclic amines) is 1. The molecule has 0 saturated carbocycles. The highest BCUT2D eigenvalue weighted by Gasteiger charge is 2.24. The zero-order valence-electron chi connectivity index (χ0n) is 11.8. The molecule has 2 amide bonds. The van der Waals surface area contributed by atoms with Gasteiger partial charge in [0.15, 0.2) is 0 Å². The van der Waals surface area contributed by atoms with Crippen molar-refractivity contribution >= 4 is 6.03 Å². The number of rotatable bonds is 6. The van der Waals surface area contributed by atoms with Crippen LogP contribution < -0.4 is 10.6 Å². The molecule has 2 N–H and O–H groups in total. The van der Waals surface area contributed by atoms with Gasteiger partial charge in [-0.05, 0) is 38.1 Å². The number of furan rings is 1. The Morgan fingerprint density at radius 1 is 1.40 bits per heavy atom. The Kier molecular flexibility index (Phi) is 5.68. The fraction of sp³-hybridized carbons (Fsp3) is 0.533. The summed E-state index contributed by atoms with van der Waals surface area (Å²) in [5, 5.41) is 5.62. The van der Waals surface area contributed by atoms with Crippen LogP contribution in [0.4, 0.5) is 4.79 Å². The van der Waals surface area contributed by atoms with Crippen molar-refractivity contribution in [3.63, 3.8) is 0 Å². The van der Waals surface area contributed by atoms with E-state index in [1.165, 1.54) is 19.3 Å². The van der Waals surface area contributed by atoms with E-state index in [0.717, 1.165) is 18.8 Å². The molecule has 0 bridgehead atoms. The highest BCUT2D eigenvalue weighted by atomic mass is 16.3. The minimum absolute atomic E-state index is 0.111. The van der Waals surface area contributed by atoms with Gasteiger partial charge in [-0.15, -0.1) is 6.58 Å². The van der Waals surface area contributed by atoms with Crippen LogP contribution in [0.15, 0.2) is 35.5 Å². The maximum absolute atomic E-state index is 11.6. The Morgan fingerprint density at radius 3 is 2.85 bits per heavy atom. The van der Waals surface area contributed by atoms with Gasteiger partial charge in [-0.3, -0.25) is 4.90 Å². The summed E-state index contributed by atoms with van der Waals surface area (Å²) in [7, 11) is 0. The van der Waals surface area contributed by atoms with Crippen molar-refractivity contribution < 1.29 is 9.21 Å². The van der Waals surface area contributed by atoms with E-state index in [-0.39, 0.29) is 12.1 Å². The molecule has 1 unspecified atom stereocenters. The standard InChI is InChI=1S/C15H23N3O2/c1-2-8-16-15(19)17-12-13(14-7-6-11-20-14)18-9-4-3-5-10-18/h2,6-7,11,13H,1,3-5,8-10,12H2,(H2,16,17,19). The second-order valence-electron chi connectivity index (χ2n) is 5.01. The van der Waals surface area contributed by atoms with Gasteiger partial charge in [0, 0.05) is 13.1 Å². The highest BCUT2D eigenvalue weighted by molar-refractivity contribution is 5.73. The molecule has 5 nitrogen and oxygen atoms in total. The number of hydrogen-bond donors (Lipinski definition) is 2. The number of urea groups is 1. The van der Waals surface area contributed by atoms with Crippen molar-refractivity contribution in [1.82, 2.24) is 15.5 Å². The third-order valence-electron chi connectivity index (χ3n) is 3.57. The van der Waals surface area contributed by atoms with Gasteiger partial charge >= 0.3 is 6.03 Å². The van der Waals surface area contributed by atoms with Crippen LogP contribution in [-0.2, 0) is 0 Å². The van der Waals surface area contributed by atoms with Crippen LogP contribution in [0.5, 0.6) is 0 Å². The predicted octanol–water partition coefficient (Wildman–Crippen LogP) is 2.29. The van der Waals surface area contributed by atoms with Crippen molar-refractivity contribution in [2.24, 2.45) is 0 Å². The smallest absolute Gasteiger partial charge is 0.315 e. The summed E-state index contributed by atoms with van der Waals surface area (Å²) < 4.78 is 5.53. The monoisotopic (exact) mass is 277 g/mol. The van der Waals surface area contributed by atoms with Crippen LogP contribution in [0, 0.1) is 0 Å². The van der Waals surface area contributed by atoms with E-state index < -0.39 is 0 Å². The molecule has 2 rings (SSSR count). The molecule has 1 fully saturated rings. The van der Waals surface area contributed by atoms with Gasteiger partial charge in [0.25, 0.3) is 0 Å². The number of nitrogens with one attached hydrogen (secondary N) is 2. The molecular weight excluding hydrogens is 254 g/mol. The molecule has 2 heterocycles. The molecule has 1 aromatic rings. The Balaban J connectivity index is 1.92. The third kappa shape index (κ3) is 4.13. The molecule has 110 valence electrons. The first-order valence-corrected chi connectivity index (χ1v) is 7.21. The van der Waals surface area contributed by atoms with E-state index in [1.807, 2.05) is 12.1 Å². The minimum Gasteiger partial charge on any atom is -0.468 e. The Morgan fingerprint density at radius 2 is 2.20 bits per heavy atom. The largest absolute Gasteiger partial charge is 0.468 e. The Bertz CT molecular complexity index is 411. The minimum atomic E-state index is -0.168.